The van der Waals surface area contributed by atoms with Crippen LogP contribution < -0.4 is 14.7 Å². The molecule has 0 unspecified atom stereocenters. The lowest BCUT2D eigenvalue weighted by molar-refractivity contribution is -0.255. The number of carboxylic acids is 1. The Balaban J connectivity index is 2.01. The molecule has 0 amide bonds. The number of aromatic carboxylic acids is 1. The maximum Gasteiger partial charge on any atom is 0.143 e. The number of anilines is 2. The van der Waals surface area contributed by atoms with Crippen molar-refractivity contribution in [3.05, 3.63) is 59.2 Å². The fourth-order valence-electron chi connectivity index (χ4n) is 4.69. The molecule has 0 aromatic heterocycles. The van der Waals surface area contributed by atoms with Gasteiger partial charge < -0.3 is 19.5 Å². The average molecular weight is 463 g/mol. The van der Waals surface area contributed by atoms with Gasteiger partial charge in [0.25, 0.3) is 0 Å². The van der Waals surface area contributed by atoms with Gasteiger partial charge in [-0.25, -0.2) is 0 Å². The van der Waals surface area contributed by atoms with E-state index in [0.717, 1.165) is 42.9 Å². The molecule has 0 fully saturated rings. The molecule has 0 radical (unpaired) electrons. The molecule has 0 spiro atoms. The highest BCUT2D eigenvalue weighted by Gasteiger charge is 2.29. The molecule has 1 aliphatic rings. The van der Waals surface area contributed by atoms with Gasteiger partial charge in [0.15, 0.2) is 0 Å². The molecule has 2 aromatic carbocycles. The molecule has 2 aromatic rings. The van der Waals surface area contributed by atoms with Gasteiger partial charge in [-0.3, -0.25) is 0 Å². The zero-order valence-electron chi connectivity index (χ0n) is 21.6. The van der Waals surface area contributed by atoms with E-state index in [1.165, 1.54) is 42.4 Å². The molecular formula is C30H40NO3-. The average Bonchev–Trinajstić information content (AvgIpc) is 2.82. The van der Waals surface area contributed by atoms with Crippen molar-refractivity contribution >= 4 is 22.9 Å². The summed E-state index contributed by atoms with van der Waals surface area (Å²) >= 11 is 0. The van der Waals surface area contributed by atoms with Crippen LogP contribution in [0.2, 0.25) is 0 Å². The molecule has 4 nitrogen and oxygen atoms in total. The predicted octanol–water partition coefficient (Wildman–Crippen LogP) is 7.03. The van der Waals surface area contributed by atoms with Crippen LogP contribution in [0.3, 0.4) is 0 Å². The smallest absolute Gasteiger partial charge is 0.143 e. The van der Waals surface area contributed by atoms with Gasteiger partial charge in [-0.15, -0.1) is 0 Å². The van der Waals surface area contributed by atoms with E-state index in [1.807, 2.05) is 12.1 Å². The summed E-state index contributed by atoms with van der Waals surface area (Å²) in [6.07, 6.45) is 10.3. The summed E-state index contributed by atoms with van der Waals surface area (Å²) in [6, 6.07) is 11.5. The summed E-state index contributed by atoms with van der Waals surface area (Å²) in [5, 5.41) is 11.3. The summed E-state index contributed by atoms with van der Waals surface area (Å²) in [7, 11) is 0. The van der Waals surface area contributed by atoms with E-state index in [2.05, 4.69) is 57.7 Å². The van der Waals surface area contributed by atoms with Gasteiger partial charge in [0, 0.05) is 12.2 Å². The number of carbonyl (C=O) groups is 1. The quantitative estimate of drug-likeness (QED) is 0.318. The van der Waals surface area contributed by atoms with Crippen LogP contribution in [0.25, 0.3) is 5.57 Å². The minimum atomic E-state index is -1.16. The number of hydrogen-bond acceptors (Lipinski definition) is 4. The van der Waals surface area contributed by atoms with Crippen molar-refractivity contribution < 1.29 is 14.6 Å². The highest BCUT2D eigenvalue weighted by atomic mass is 16.5. The van der Waals surface area contributed by atoms with E-state index in [-0.39, 0.29) is 11.0 Å². The van der Waals surface area contributed by atoms with Gasteiger partial charge in [-0.1, -0.05) is 71.6 Å². The number of carboxylic acid groups (broad SMARTS) is 1. The van der Waals surface area contributed by atoms with Crippen molar-refractivity contribution in [1.82, 2.24) is 0 Å². The van der Waals surface area contributed by atoms with E-state index in [9.17, 15) is 9.90 Å². The van der Waals surface area contributed by atoms with Crippen LogP contribution in [-0.4, -0.2) is 19.1 Å². The molecule has 34 heavy (non-hydrogen) atoms. The van der Waals surface area contributed by atoms with Crippen LogP contribution in [0.15, 0.2) is 42.5 Å². The first-order valence-electron chi connectivity index (χ1n) is 12.9. The van der Waals surface area contributed by atoms with E-state index >= 15 is 0 Å². The fraction of sp³-hybridized carbons (Fsp3) is 0.500. The molecule has 0 aliphatic heterocycles. The van der Waals surface area contributed by atoms with Gasteiger partial charge in [0.05, 0.1) is 18.3 Å². The molecular weight excluding hydrogens is 422 g/mol. The topological polar surface area (TPSA) is 52.6 Å². The second-order valence-electron chi connectivity index (χ2n) is 10.1. The first-order chi connectivity index (χ1) is 16.3. The van der Waals surface area contributed by atoms with Gasteiger partial charge in [0.1, 0.15) is 5.75 Å². The van der Waals surface area contributed by atoms with Crippen LogP contribution in [0.4, 0.5) is 11.4 Å². The molecule has 0 saturated carbocycles. The first kappa shape index (κ1) is 25.9. The van der Waals surface area contributed by atoms with E-state index in [1.54, 1.807) is 12.1 Å². The number of nitrogens with zero attached hydrogens (tertiary/aromatic N) is 1. The van der Waals surface area contributed by atoms with Gasteiger partial charge >= 0.3 is 0 Å². The zero-order valence-corrected chi connectivity index (χ0v) is 21.6. The Kier molecular flexibility index (Phi) is 8.82. The molecule has 0 saturated heterocycles. The number of allylic oxidation sites excluding steroid dienone is 2. The number of carbonyl (C=O) groups excluding carboxylic acids is 1. The molecule has 0 N–H and O–H groups in total. The van der Waals surface area contributed by atoms with Gasteiger partial charge in [-0.05, 0) is 78.1 Å². The molecule has 0 bridgehead atoms. The molecule has 0 heterocycles. The standard InChI is InChI=1S/C30H41NO3/c1-6-8-9-10-11-19-34-28-21-26-25(22(3)16-17-30(26,4)5)20-27(28)31(18-7-2)24-14-12-23(13-15-24)29(32)33/h12-16,20-21H,6-11,17-19H2,1-5H3,(H,32,33)/p-1. The summed E-state index contributed by atoms with van der Waals surface area (Å²) in [4.78, 5) is 13.5. The fourth-order valence-corrected chi connectivity index (χ4v) is 4.69. The Morgan fingerprint density at radius 1 is 1.03 bits per heavy atom. The predicted molar refractivity (Wildman–Crippen MR) is 140 cm³/mol. The molecule has 3 rings (SSSR count). The third kappa shape index (κ3) is 6.02. The highest BCUT2D eigenvalue weighted by molar-refractivity contribution is 5.87. The number of fused-ring (bicyclic) bond motifs is 1. The number of unbranched alkanes of at least 4 members (excludes halogenated alkanes) is 4. The first-order valence-corrected chi connectivity index (χ1v) is 12.9. The van der Waals surface area contributed by atoms with Crippen molar-refractivity contribution in [2.75, 3.05) is 18.1 Å². The lowest BCUT2D eigenvalue weighted by Crippen LogP contribution is -2.24. The summed E-state index contributed by atoms with van der Waals surface area (Å²) < 4.78 is 6.46. The summed E-state index contributed by atoms with van der Waals surface area (Å²) in [6.45, 7) is 12.7. The Morgan fingerprint density at radius 3 is 2.38 bits per heavy atom. The van der Waals surface area contributed by atoms with Crippen LogP contribution in [0, 0.1) is 0 Å². The number of benzene rings is 2. The third-order valence-corrected chi connectivity index (χ3v) is 6.83. The second kappa shape index (κ2) is 11.6. The van der Waals surface area contributed by atoms with Crippen LogP contribution in [0.1, 0.15) is 101 Å². The lowest BCUT2D eigenvalue weighted by Gasteiger charge is -2.34. The Hall–Kier alpha value is -2.75. The van der Waals surface area contributed by atoms with Crippen LogP contribution >= 0.6 is 0 Å². The molecule has 184 valence electrons. The normalized spacial score (nSPS) is 14.3. The van der Waals surface area contributed by atoms with Crippen molar-refractivity contribution in [2.45, 2.75) is 85.0 Å². The number of rotatable bonds is 12. The second-order valence-corrected chi connectivity index (χ2v) is 10.1. The number of ether oxygens (including phenoxy) is 1. The van der Waals surface area contributed by atoms with Gasteiger partial charge in [0.2, 0.25) is 0 Å². The number of hydrogen-bond donors (Lipinski definition) is 0. The van der Waals surface area contributed by atoms with E-state index in [4.69, 9.17) is 4.74 Å². The SMILES string of the molecule is CCCCCCCOc1cc2c(cc1N(CCC)c1ccc(C(=O)[O-])cc1)C(C)=CCC2(C)C. The Bertz CT molecular complexity index is 1000. The van der Waals surface area contributed by atoms with Crippen molar-refractivity contribution in [2.24, 2.45) is 0 Å². The summed E-state index contributed by atoms with van der Waals surface area (Å²) in [5.41, 5.74) is 6.14. The Morgan fingerprint density at radius 2 is 1.74 bits per heavy atom. The van der Waals surface area contributed by atoms with E-state index < -0.39 is 5.97 Å². The minimum Gasteiger partial charge on any atom is -0.545 e. The maximum atomic E-state index is 11.3. The maximum absolute atomic E-state index is 11.3. The lowest BCUT2D eigenvalue weighted by atomic mass is 9.73. The van der Waals surface area contributed by atoms with Crippen LogP contribution in [-0.2, 0) is 5.41 Å². The molecule has 1 aliphatic carbocycles. The van der Waals surface area contributed by atoms with Gasteiger partial charge in [-0.2, -0.15) is 0 Å². The summed E-state index contributed by atoms with van der Waals surface area (Å²) in [5.74, 6) is -0.244. The molecule has 4 heteroatoms. The minimum absolute atomic E-state index is 0.0539. The largest absolute Gasteiger partial charge is 0.545 e. The van der Waals surface area contributed by atoms with Crippen molar-refractivity contribution in [3.63, 3.8) is 0 Å². The highest BCUT2D eigenvalue weighted by Crippen LogP contribution is 2.45. The van der Waals surface area contributed by atoms with Crippen molar-refractivity contribution in [3.8, 4) is 5.75 Å². The van der Waals surface area contributed by atoms with E-state index in [0.29, 0.717) is 6.61 Å². The van der Waals surface area contributed by atoms with Crippen LogP contribution in [0.5, 0.6) is 5.75 Å². The van der Waals surface area contributed by atoms with Crippen molar-refractivity contribution in [1.29, 1.82) is 0 Å². The monoisotopic (exact) mass is 462 g/mol. The zero-order chi connectivity index (χ0) is 24.7. The molecule has 0 atom stereocenters. The Labute approximate surface area is 205 Å². The third-order valence-electron chi connectivity index (χ3n) is 6.83.